The number of carboxylic acid groups (broad SMARTS) is 1. The number of carbonyl (C=O) groups excluding carboxylic acids is 1. The highest BCUT2D eigenvalue weighted by Gasteiger charge is 2.55. The molecule has 1 aliphatic carbocycles. The summed E-state index contributed by atoms with van der Waals surface area (Å²) >= 11 is 0. The van der Waals surface area contributed by atoms with Gasteiger partial charge in [-0.3, -0.25) is 10.1 Å². The number of carboxylic acids is 1. The number of aliphatic carboxylic acids is 1. The molecule has 0 unspecified atom stereocenters. The number of nitrogens with zero attached hydrogens (tertiary/aromatic N) is 2. The first-order chi connectivity index (χ1) is 10.4. The van der Waals surface area contributed by atoms with Crippen molar-refractivity contribution >= 4 is 17.8 Å². The van der Waals surface area contributed by atoms with Gasteiger partial charge in [0.2, 0.25) is 0 Å². The Kier molecular flexibility index (Phi) is 3.58. The van der Waals surface area contributed by atoms with Gasteiger partial charge in [0.1, 0.15) is 5.76 Å². The Bertz CT molecular complexity index is 597. The first-order valence-electron chi connectivity index (χ1n) is 7.68. The highest BCUT2D eigenvalue weighted by molar-refractivity contribution is 5.89. The van der Waals surface area contributed by atoms with Crippen molar-refractivity contribution in [2.45, 2.75) is 39.0 Å². The van der Waals surface area contributed by atoms with Crippen LogP contribution in [0.2, 0.25) is 0 Å². The van der Waals surface area contributed by atoms with Crippen LogP contribution < -0.4 is 5.32 Å². The molecule has 22 heavy (non-hydrogen) atoms. The second kappa shape index (κ2) is 5.30. The van der Waals surface area contributed by atoms with Crippen LogP contribution in [0, 0.1) is 11.3 Å². The summed E-state index contributed by atoms with van der Waals surface area (Å²) in [6.07, 6.45) is 2.45. The molecule has 2 fully saturated rings. The normalized spacial score (nSPS) is 27.2. The van der Waals surface area contributed by atoms with Gasteiger partial charge in [-0.2, -0.15) is 0 Å². The van der Waals surface area contributed by atoms with Gasteiger partial charge in [0.25, 0.3) is 0 Å². The second-order valence-electron chi connectivity index (χ2n) is 6.63. The van der Waals surface area contributed by atoms with Crippen molar-refractivity contribution in [1.29, 1.82) is 0 Å². The molecule has 1 saturated heterocycles. The summed E-state index contributed by atoms with van der Waals surface area (Å²) in [5.74, 6) is 0.540. The van der Waals surface area contributed by atoms with Crippen LogP contribution in [0.3, 0.4) is 0 Å². The van der Waals surface area contributed by atoms with E-state index in [0.29, 0.717) is 24.5 Å². The SMILES string of the molecule is CC(C)c1cc(NC(=O)N2C[C@@H]3CCC[C@@]3(C(=O)O)C2)no1. The van der Waals surface area contributed by atoms with Crippen molar-refractivity contribution in [3.63, 3.8) is 0 Å². The standard InChI is InChI=1S/C15H21N3O4/c1-9(2)11-6-12(17-22-11)16-14(21)18-7-10-4-3-5-15(10,8-18)13(19)20/h6,9-10H,3-5,7-8H2,1-2H3,(H,19,20)(H,16,17,21)/t10-,15+/m0/s1. The molecule has 2 N–H and O–H groups in total. The first kappa shape index (κ1) is 14.9. The number of aromatic nitrogens is 1. The van der Waals surface area contributed by atoms with Crippen molar-refractivity contribution in [1.82, 2.24) is 10.1 Å². The molecule has 2 aliphatic rings. The Morgan fingerprint density at radius 3 is 2.91 bits per heavy atom. The summed E-state index contributed by atoms with van der Waals surface area (Å²) < 4.78 is 5.14. The van der Waals surface area contributed by atoms with Gasteiger partial charge in [-0.25, -0.2) is 4.79 Å². The number of hydrogen-bond acceptors (Lipinski definition) is 4. The minimum absolute atomic E-state index is 0.0549. The van der Waals surface area contributed by atoms with Crippen molar-refractivity contribution in [2.75, 3.05) is 18.4 Å². The van der Waals surface area contributed by atoms with E-state index in [2.05, 4.69) is 10.5 Å². The maximum Gasteiger partial charge on any atom is 0.323 e. The van der Waals surface area contributed by atoms with Crippen molar-refractivity contribution < 1.29 is 19.2 Å². The van der Waals surface area contributed by atoms with Gasteiger partial charge in [0.05, 0.1) is 5.41 Å². The van der Waals surface area contributed by atoms with E-state index in [1.807, 2.05) is 13.8 Å². The molecule has 1 aromatic heterocycles. The summed E-state index contributed by atoms with van der Waals surface area (Å²) in [5.41, 5.74) is -0.760. The molecule has 0 spiro atoms. The molecular formula is C15H21N3O4. The average molecular weight is 307 g/mol. The summed E-state index contributed by atoms with van der Waals surface area (Å²) in [7, 11) is 0. The van der Waals surface area contributed by atoms with E-state index in [-0.39, 0.29) is 24.4 Å². The average Bonchev–Trinajstić information content (AvgIpc) is 3.10. The molecule has 2 atom stereocenters. The molecule has 120 valence electrons. The summed E-state index contributed by atoms with van der Waals surface area (Å²) in [6.45, 7) is 4.72. The number of amides is 2. The number of urea groups is 1. The summed E-state index contributed by atoms with van der Waals surface area (Å²) in [5, 5.41) is 16.1. The van der Waals surface area contributed by atoms with E-state index in [1.54, 1.807) is 11.0 Å². The Hall–Kier alpha value is -2.05. The van der Waals surface area contributed by atoms with E-state index in [4.69, 9.17) is 4.52 Å². The zero-order valence-corrected chi connectivity index (χ0v) is 12.8. The largest absolute Gasteiger partial charge is 0.481 e. The van der Waals surface area contributed by atoms with Gasteiger partial charge >= 0.3 is 12.0 Å². The molecule has 0 aromatic carbocycles. The smallest absolute Gasteiger partial charge is 0.323 e. The Morgan fingerprint density at radius 2 is 2.32 bits per heavy atom. The predicted octanol–water partition coefficient (Wildman–Crippen LogP) is 2.52. The molecule has 0 bridgehead atoms. The third kappa shape index (κ3) is 2.34. The van der Waals surface area contributed by atoms with Crippen molar-refractivity contribution in [3.05, 3.63) is 11.8 Å². The fraction of sp³-hybridized carbons (Fsp3) is 0.667. The van der Waals surface area contributed by atoms with Crippen LogP contribution in [-0.4, -0.2) is 40.3 Å². The number of hydrogen-bond donors (Lipinski definition) is 2. The van der Waals surface area contributed by atoms with Crippen LogP contribution in [0.4, 0.5) is 10.6 Å². The van der Waals surface area contributed by atoms with Gasteiger partial charge in [-0.05, 0) is 18.8 Å². The zero-order chi connectivity index (χ0) is 15.9. The van der Waals surface area contributed by atoms with Gasteiger partial charge < -0.3 is 14.5 Å². The number of anilines is 1. The third-order valence-corrected chi connectivity index (χ3v) is 4.92. The van der Waals surface area contributed by atoms with Gasteiger partial charge in [-0.1, -0.05) is 25.4 Å². The van der Waals surface area contributed by atoms with Crippen molar-refractivity contribution in [2.24, 2.45) is 11.3 Å². The van der Waals surface area contributed by atoms with Gasteiger partial charge in [0, 0.05) is 25.1 Å². The fourth-order valence-corrected chi connectivity index (χ4v) is 3.60. The highest BCUT2D eigenvalue weighted by atomic mass is 16.5. The molecule has 1 aliphatic heterocycles. The van der Waals surface area contributed by atoms with E-state index in [0.717, 1.165) is 12.8 Å². The molecule has 0 radical (unpaired) electrons. The molecule has 7 heteroatoms. The fourth-order valence-electron chi connectivity index (χ4n) is 3.60. The number of fused-ring (bicyclic) bond motifs is 1. The number of nitrogens with one attached hydrogen (secondary N) is 1. The number of carbonyl (C=O) groups is 2. The second-order valence-corrected chi connectivity index (χ2v) is 6.63. The minimum atomic E-state index is -0.783. The van der Waals surface area contributed by atoms with Crippen LogP contribution >= 0.6 is 0 Å². The van der Waals surface area contributed by atoms with Crippen LogP contribution in [0.15, 0.2) is 10.6 Å². The Balaban J connectivity index is 1.67. The quantitative estimate of drug-likeness (QED) is 0.894. The molecule has 2 heterocycles. The maximum atomic E-state index is 12.3. The minimum Gasteiger partial charge on any atom is -0.481 e. The van der Waals surface area contributed by atoms with Crippen LogP contribution in [0.1, 0.15) is 44.8 Å². The van der Waals surface area contributed by atoms with E-state index < -0.39 is 11.4 Å². The highest BCUT2D eigenvalue weighted by Crippen LogP contribution is 2.48. The maximum absolute atomic E-state index is 12.3. The van der Waals surface area contributed by atoms with E-state index in [1.165, 1.54) is 0 Å². The summed E-state index contributed by atoms with van der Waals surface area (Å²) in [6, 6.07) is 1.39. The lowest BCUT2D eigenvalue weighted by Gasteiger charge is -2.23. The van der Waals surface area contributed by atoms with Crippen LogP contribution in [0.5, 0.6) is 0 Å². The molecule has 1 saturated carbocycles. The topological polar surface area (TPSA) is 95.7 Å². The lowest BCUT2D eigenvalue weighted by atomic mass is 9.81. The van der Waals surface area contributed by atoms with Gasteiger partial charge in [-0.15, -0.1) is 0 Å². The van der Waals surface area contributed by atoms with E-state index in [9.17, 15) is 14.7 Å². The lowest BCUT2D eigenvalue weighted by Crippen LogP contribution is -2.38. The van der Waals surface area contributed by atoms with E-state index >= 15 is 0 Å². The zero-order valence-electron chi connectivity index (χ0n) is 12.8. The Morgan fingerprint density at radius 1 is 1.55 bits per heavy atom. The molecule has 1 aromatic rings. The van der Waals surface area contributed by atoms with Crippen molar-refractivity contribution in [3.8, 4) is 0 Å². The third-order valence-electron chi connectivity index (χ3n) is 4.92. The number of likely N-dealkylation sites (tertiary alicyclic amines) is 1. The predicted molar refractivity (Wildman–Crippen MR) is 78.6 cm³/mol. The van der Waals surface area contributed by atoms with Crippen LogP contribution in [0.25, 0.3) is 0 Å². The molecular weight excluding hydrogens is 286 g/mol. The molecule has 2 amide bonds. The number of rotatable bonds is 3. The van der Waals surface area contributed by atoms with Gasteiger partial charge in [0.15, 0.2) is 5.82 Å². The van der Waals surface area contributed by atoms with Crippen LogP contribution in [-0.2, 0) is 4.79 Å². The monoisotopic (exact) mass is 307 g/mol. The Labute approximate surface area is 128 Å². The molecule has 3 rings (SSSR count). The first-order valence-corrected chi connectivity index (χ1v) is 7.68. The summed E-state index contributed by atoms with van der Waals surface area (Å²) in [4.78, 5) is 25.5. The lowest BCUT2D eigenvalue weighted by molar-refractivity contribution is -0.149. The molecule has 7 nitrogen and oxygen atoms in total.